The number of rotatable bonds is 19. The second-order valence-electron chi connectivity index (χ2n) is 51.7. The number of aliphatic hydroxyl groups is 2. The monoisotopic (exact) mass is 1880 g/mol. The SMILES string of the molecule is CC(C)C(C)C.CC(C)C1(CO)CCCC1.CC(C)C1CCC(F)(F)C1.CC(C)C1CCCC1.CC(C)C1CCN(C(C)C)CC1.CC(C)C1CCN(C)CC1.CC(C)C1CCOCC1.CC(C)[C@@H]1CCCC[C@H]1N.CC(C)[C@@H]1CCC[C@H]1N(C)C.CC(C)[C@@H]1CCOC1=O.CC(C)[C@@H]1C[C@@H]2CC[C@H]1C2.CC(C)[C@H]1CCCC[C@@H]1N.CC(C)[C@H]1C[C@@H]2CC[C@H]1C2.CC[C@H](CO)C(C)C. The summed E-state index contributed by atoms with van der Waals surface area (Å²) in [7, 11) is 6.65. The molecule has 12 heteroatoms. The van der Waals surface area contributed by atoms with Crippen molar-refractivity contribution >= 4 is 5.97 Å². The molecule has 0 aromatic carbocycles. The predicted octanol–water partition coefficient (Wildman–Crippen LogP) is 32.9. The number of likely N-dealkylation sites (tertiary alicyclic amines) is 2. The topological polar surface area (TPSA) is 138 Å². The van der Waals surface area contributed by atoms with Gasteiger partial charge in [-0.05, 0) is 385 Å². The third kappa shape index (κ3) is 52.9. The Kier molecular flexibility index (Phi) is 69.1. The summed E-state index contributed by atoms with van der Waals surface area (Å²) in [5, 5.41) is 17.9. The molecule has 133 heavy (non-hydrogen) atoms. The molecule has 4 heterocycles. The molecule has 0 aromatic rings. The van der Waals surface area contributed by atoms with E-state index in [4.69, 9.17) is 26.0 Å². The molecule has 0 amide bonds. The van der Waals surface area contributed by atoms with Crippen LogP contribution in [0.1, 0.15) is 472 Å². The van der Waals surface area contributed by atoms with Crippen molar-refractivity contribution in [1.82, 2.24) is 14.7 Å². The van der Waals surface area contributed by atoms with Gasteiger partial charge in [-0.1, -0.05) is 305 Å². The van der Waals surface area contributed by atoms with Gasteiger partial charge >= 0.3 is 5.97 Å². The zero-order valence-corrected chi connectivity index (χ0v) is 96.3. The van der Waals surface area contributed by atoms with Gasteiger partial charge in [0.05, 0.1) is 12.5 Å². The highest BCUT2D eigenvalue weighted by Gasteiger charge is 2.44. The minimum Gasteiger partial charge on any atom is -0.465 e. The number of alkyl halides is 2. The number of halogens is 2. The van der Waals surface area contributed by atoms with Gasteiger partial charge in [-0.25, -0.2) is 8.78 Å². The molecule has 14 rings (SSSR count). The minimum absolute atomic E-state index is 0.00926. The lowest BCUT2D eigenvalue weighted by Crippen LogP contribution is -2.39. The Morgan fingerprint density at radius 3 is 0.992 bits per heavy atom. The molecule has 1 unspecified atom stereocenters. The molecule has 14 fully saturated rings. The molecule has 14 aliphatic rings. The zero-order valence-electron chi connectivity index (χ0n) is 96.3. The van der Waals surface area contributed by atoms with Crippen molar-refractivity contribution in [2.45, 2.75) is 503 Å². The van der Waals surface area contributed by atoms with Gasteiger partial charge in [-0.2, -0.15) is 0 Å². The van der Waals surface area contributed by atoms with Gasteiger partial charge in [-0.15, -0.1) is 0 Å². The maximum atomic E-state index is 12.6. The number of piperidine rings is 2. The van der Waals surface area contributed by atoms with Crippen molar-refractivity contribution in [1.29, 1.82) is 0 Å². The molecule has 0 radical (unpaired) electrons. The second kappa shape index (κ2) is 70.7. The molecule has 15 atom stereocenters. The first-order chi connectivity index (χ1) is 62.3. The van der Waals surface area contributed by atoms with Crippen LogP contribution in [0.3, 0.4) is 0 Å². The highest BCUT2D eigenvalue weighted by molar-refractivity contribution is 5.74. The third-order valence-electron chi connectivity index (χ3n) is 36.7. The van der Waals surface area contributed by atoms with Crippen molar-refractivity contribution in [2.75, 3.05) is 80.4 Å². The molecular weight excluding hydrogens is 1640 g/mol. The molecule has 4 aliphatic heterocycles. The van der Waals surface area contributed by atoms with E-state index < -0.39 is 5.92 Å². The quantitative estimate of drug-likeness (QED) is 0.0925. The summed E-state index contributed by atoms with van der Waals surface area (Å²) in [6, 6.07) is 2.59. The summed E-state index contributed by atoms with van der Waals surface area (Å²) in [4.78, 5) is 18.2. The number of carbonyl (C=O) groups is 1. The molecule has 0 spiro atoms. The van der Waals surface area contributed by atoms with Crippen molar-refractivity contribution < 1.29 is 33.3 Å². The van der Waals surface area contributed by atoms with E-state index in [9.17, 15) is 18.7 Å². The molecule has 6 N–H and O–H groups in total. The molecule has 4 saturated heterocycles. The number of ether oxygens (including phenoxy) is 2. The first-order valence-corrected chi connectivity index (χ1v) is 58.3. The first-order valence-electron chi connectivity index (χ1n) is 58.3. The van der Waals surface area contributed by atoms with Crippen LogP contribution in [-0.2, 0) is 14.3 Å². The summed E-state index contributed by atoms with van der Waals surface area (Å²) in [6.45, 7) is 83.3. The van der Waals surface area contributed by atoms with Gasteiger partial charge in [0.15, 0.2) is 0 Å². The normalized spacial score (nSPS) is 28.8. The van der Waals surface area contributed by atoms with E-state index in [1.54, 1.807) is 51.4 Å². The van der Waals surface area contributed by atoms with Crippen LogP contribution in [0, 0.1) is 189 Å². The Bertz CT molecular complexity index is 2600. The average Bonchev–Trinajstić information content (AvgIpc) is 1.67. The van der Waals surface area contributed by atoms with Crippen molar-refractivity contribution in [3.63, 3.8) is 0 Å². The molecule has 796 valence electrons. The standard InChI is InChI=1S/C11H23N.C10H21N.2C10H18.3C9H19N.C9H18O.C8H14F2.C8H16O.C8H16.C7H12O2.C7H16O.C6H14/c1-9(2)11-5-7-12(8-6-11)10(3)4;1-8(2)9-6-5-7-10(9)11(3)4;2*1-7(2)10-6-8-3-4-9(10)5-8;1-8(2)9-4-6-10(3)7-5-9;2*1-7(2)8-5-3-4-6-9(8)10;1-8(2)9(7-10)5-3-4-6-9;1-6(2)7-3-4-8(9,10)5-7;1-7(2)8-3-5-9-6-4-8;1-7(2)8-5-3-4-6-8;1-5(2)6-3-4-9-7(6)8;1-4-7(5-8)6(2)3;1-5(2)6(3)4/h9-11H,5-8H2,1-4H3;8-10H,5-7H2,1-4H3;2*7-10H,3-6H2,1-2H3;8-9H,4-7H2,1-3H3;2*7-9H,3-6,10H2,1-2H3;8,10H,3-7H2,1-2H3;6-7H,3-5H2,1-2H3;7-8H,3-6H2,1-2H3;7-8H,3-6H2,1-2H3;5-6H,3-4H2,1-2H3;6-8H,4-5H2,1-3H3;5-6H,1-4H3/t;9-,10+;8-,9+,10+;8-,9+,10-;;2*8-,9+;;;;;6-;7-;/m.011.10....01./s1. The Balaban J connectivity index is 0.000000718. The number of nitrogens with two attached hydrogens (primary N) is 2. The molecule has 10 nitrogen and oxygen atoms in total. The Morgan fingerprint density at radius 1 is 0.391 bits per heavy atom. The molecule has 10 saturated carbocycles. The van der Waals surface area contributed by atoms with Crippen molar-refractivity contribution in [2.24, 2.45) is 200 Å². The highest BCUT2D eigenvalue weighted by Crippen LogP contribution is 2.53. The van der Waals surface area contributed by atoms with E-state index >= 15 is 0 Å². The fourth-order valence-corrected chi connectivity index (χ4v) is 24.9. The van der Waals surface area contributed by atoms with Crippen LogP contribution in [0.5, 0.6) is 0 Å². The highest BCUT2D eigenvalue weighted by atomic mass is 19.3. The number of carbonyl (C=O) groups excluding carboxylic acids is 1. The Morgan fingerprint density at radius 2 is 0.774 bits per heavy atom. The largest absolute Gasteiger partial charge is 0.465 e. The van der Waals surface area contributed by atoms with Crippen LogP contribution in [0.25, 0.3) is 0 Å². The van der Waals surface area contributed by atoms with Gasteiger partial charge in [0.2, 0.25) is 5.92 Å². The van der Waals surface area contributed by atoms with Crippen LogP contribution in [0.2, 0.25) is 0 Å². The van der Waals surface area contributed by atoms with E-state index in [-0.39, 0.29) is 30.6 Å². The first kappa shape index (κ1) is 130. The van der Waals surface area contributed by atoms with Gasteiger partial charge in [0, 0.05) is 63.4 Å². The Labute approximate surface area is 832 Å². The number of cyclic esters (lactones) is 1. The van der Waals surface area contributed by atoms with Crippen molar-refractivity contribution in [3.05, 3.63) is 0 Å². The number of aliphatic hydroxyl groups excluding tert-OH is 2. The summed E-state index contributed by atoms with van der Waals surface area (Å²) >= 11 is 0. The summed E-state index contributed by atoms with van der Waals surface area (Å²) in [5.74, 6) is 23.6. The van der Waals surface area contributed by atoms with E-state index in [1.807, 2.05) is 13.8 Å². The maximum absolute atomic E-state index is 12.6. The van der Waals surface area contributed by atoms with Crippen LogP contribution < -0.4 is 11.5 Å². The summed E-state index contributed by atoms with van der Waals surface area (Å²) in [5.41, 5.74) is 12.3. The number of fused-ring (bicyclic) bond motifs is 4. The lowest BCUT2D eigenvalue weighted by Gasteiger charge is -2.36. The average molecular weight is 1890 g/mol. The smallest absolute Gasteiger partial charge is 0.309 e. The lowest BCUT2D eigenvalue weighted by atomic mass is 9.77. The van der Waals surface area contributed by atoms with Crippen LogP contribution in [0.4, 0.5) is 8.78 Å². The zero-order chi connectivity index (χ0) is 101. The van der Waals surface area contributed by atoms with Crippen LogP contribution >= 0.6 is 0 Å². The number of hydrogen-bond donors (Lipinski definition) is 4. The predicted molar refractivity (Wildman–Crippen MR) is 580 cm³/mol. The molecule has 10 aliphatic carbocycles. The number of esters is 1. The number of hydrogen-bond acceptors (Lipinski definition) is 10. The molecule has 0 aromatic heterocycles. The van der Waals surface area contributed by atoms with Gasteiger partial charge < -0.3 is 45.9 Å². The van der Waals surface area contributed by atoms with Crippen molar-refractivity contribution in [3.8, 4) is 0 Å². The van der Waals surface area contributed by atoms with Crippen LogP contribution in [0.15, 0.2) is 0 Å². The van der Waals surface area contributed by atoms with Gasteiger partial charge in [0.1, 0.15) is 0 Å². The van der Waals surface area contributed by atoms with Crippen LogP contribution in [-0.4, -0.2) is 141 Å². The van der Waals surface area contributed by atoms with E-state index in [0.717, 1.165) is 180 Å². The molecule has 4 bridgehead atoms. The van der Waals surface area contributed by atoms with E-state index in [2.05, 4.69) is 250 Å². The van der Waals surface area contributed by atoms with Gasteiger partial charge in [0.25, 0.3) is 0 Å². The fourth-order valence-electron chi connectivity index (χ4n) is 24.9. The molecular formula is C121H243F2N5O5. The second-order valence-corrected chi connectivity index (χ2v) is 51.7. The van der Waals surface area contributed by atoms with Gasteiger partial charge in [-0.3, -0.25) is 4.79 Å². The summed E-state index contributed by atoms with van der Waals surface area (Å²) < 4.78 is 35.1. The lowest BCUT2D eigenvalue weighted by molar-refractivity contribution is -0.142. The maximum Gasteiger partial charge on any atom is 0.309 e. The summed E-state index contributed by atoms with van der Waals surface area (Å²) in [6.07, 6.45) is 49.7. The van der Waals surface area contributed by atoms with E-state index in [0.29, 0.717) is 73.3 Å². The minimum atomic E-state index is -2.35. The fraction of sp³-hybridized carbons (Fsp3) is 0.992. The Hall–Kier alpha value is -0.990. The van der Waals surface area contributed by atoms with E-state index in [1.165, 1.54) is 187 Å². The third-order valence-corrected chi connectivity index (χ3v) is 36.7. The number of nitrogens with zero attached hydrogens (tertiary/aromatic N) is 3.